The molecule has 1 aliphatic rings. The Morgan fingerprint density at radius 2 is 1.90 bits per heavy atom. The quantitative estimate of drug-likeness (QED) is 0.530. The number of aromatic amines is 1. The van der Waals surface area contributed by atoms with Gasteiger partial charge in [-0.3, -0.25) is 19.3 Å². The van der Waals surface area contributed by atoms with Gasteiger partial charge in [-0.1, -0.05) is 24.3 Å². The van der Waals surface area contributed by atoms with Gasteiger partial charge >= 0.3 is 11.9 Å². The van der Waals surface area contributed by atoms with Crippen molar-refractivity contribution in [1.82, 2.24) is 9.88 Å². The van der Waals surface area contributed by atoms with Gasteiger partial charge < -0.3 is 20.2 Å². The Kier molecular flexibility index (Phi) is 6.52. The van der Waals surface area contributed by atoms with Crippen LogP contribution >= 0.6 is 0 Å². The number of allylic oxidation sites excluding steroid dienone is 2. The highest BCUT2D eigenvalue weighted by Crippen LogP contribution is 2.29. The van der Waals surface area contributed by atoms with Crippen molar-refractivity contribution in [2.24, 2.45) is 17.6 Å². The molecule has 1 amide bonds. The van der Waals surface area contributed by atoms with E-state index in [-0.39, 0.29) is 5.57 Å². The number of nitrogens with one attached hydrogen (secondary N) is 1. The third-order valence-electron chi connectivity index (χ3n) is 5.18. The maximum atomic E-state index is 12.9. The lowest BCUT2D eigenvalue weighted by Crippen LogP contribution is -2.42. The summed E-state index contributed by atoms with van der Waals surface area (Å²) in [5, 5.41) is 10.5. The van der Waals surface area contributed by atoms with E-state index >= 15 is 0 Å². The highest BCUT2D eigenvalue weighted by Gasteiger charge is 2.39. The van der Waals surface area contributed by atoms with E-state index in [2.05, 4.69) is 14.5 Å². The van der Waals surface area contributed by atoms with Crippen molar-refractivity contribution < 1.29 is 23.9 Å². The molecular formula is C22H22N4O5. The number of H-pyrrole nitrogens is 1. The van der Waals surface area contributed by atoms with E-state index in [0.29, 0.717) is 6.42 Å². The van der Waals surface area contributed by atoms with Crippen LogP contribution in [0.2, 0.25) is 0 Å². The number of amides is 1. The first-order chi connectivity index (χ1) is 14.9. The van der Waals surface area contributed by atoms with E-state index in [1.165, 1.54) is 23.4 Å². The van der Waals surface area contributed by atoms with Gasteiger partial charge in [-0.05, 0) is 18.1 Å². The largest absolute Gasteiger partial charge is 0.468 e. The first-order valence-electron chi connectivity index (χ1n) is 9.49. The molecule has 1 aromatic carbocycles. The molecule has 9 nitrogen and oxygen atoms in total. The third-order valence-corrected chi connectivity index (χ3v) is 5.18. The average Bonchev–Trinajstić information content (AvgIpc) is 3.21. The maximum absolute atomic E-state index is 12.9. The Morgan fingerprint density at radius 1 is 1.23 bits per heavy atom. The minimum atomic E-state index is -1.35. The molecule has 0 fully saturated rings. The molecule has 0 aliphatic carbocycles. The fourth-order valence-corrected chi connectivity index (χ4v) is 3.56. The molecular weight excluding hydrogens is 400 g/mol. The number of nitrogens with zero attached hydrogens (tertiary/aromatic N) is 2. The van der Waals surface area contributed by atoms with Crippen molar-refractivity contribution in [2.45, 2.75) is 12.5 Å². The van der Waals surface area contributed by atoms with Gasteiger partial charge in [0.25, 0.3) is 0 Å². The van der Waals surface area contributed by atoms with Gasteiger partial charge in [0.05, 0.1) is 31.9 Å². The van der Waals surface area contributed by atoms with Gasteiger partial charge in [-0.2, -0.15) is 5.26 Å². The lowest BCUT2D eigenvalue weighted by atomic mass is 9.85. The van der Waals surface area contributed by atoms with Crippen LogP contribution in [-0.4, -0.2) is 48.0 Å². The smallest absolute Gasteiger partial charge is 0.321 e. The highest BCUT2D eigenvalue weighted by atomic mass is 16.5. The van der Waals surface area contributed by atoms with Gasteiger partial charge in [0.2, 0.25) is 5.91 Å². The van der Waals surface area contributed by atoms with Crippen LogP contribution in [0.25, 0.3) is 10.9 Å². The Hall–Kier alpha value is -3.90. The van der Waals surface area contributed by atoms with Crippen LogP contribution in [0.15, 0.2) is 54.5 Å². The molecule has 0 spiro atoms. The van der Waals surface area contributed by atoms with Gasteiger partial charge in [-0.25, -0.2) is 0 Å². The summed E-state index contributed by atoms with van der Waals surface area (Å²) < 4.78 is 9.35. The predicted molar refractivity (Wildman–Crippen MR) is 111 cm³/mol. The van der Waals surface area contributed by atoms with E-state index in [1.807, 2.05) is 36.5 Å². The van der Waals surface area contributed by atoms with E-state index in [0.717, 1.165) is 30.7 Å². The first-order valence-corrected chi connectivity index (χ1v) is 9.49. The molecule has 2 aromatic rings. The number of aromatic nitrogens is 1. The number of carbonyl (C=O) groups is 3. The molecule has 3 N–H and O–H groups in total. The number of methoxy groups -OCH3 is 2. The molecule has 0 radical (unpaired) electrons. The maximum Gasteiger partial charge on any atom is 0.321 e. The minimum Gasteiger partial charge on any atom is -0.468 e. The van der Waals surface area contributed by atoms with Crippen LogP contribution in [-0.2, 0) is 30.3 Å². The number of ether oxygens (including phenoxy) is 2. The summed E-state index contributed by atoms with van der Waals surface area (Å²) in [7, 11) is 2.28. The second kappa shape index (κ2) is 9.28. The van der Waals surface area contributed by atoms with Crippen molar-refractivity contribution in [3.8, 4) is 6.07 Å². The standard InChI is InChI=1S/C22H22N4O5/c1-30-21(28)19(22(29)31-2)16-7-8-26(12-14(16)10-23)20(27)17(24)9-13-11-25-18-6-4-3-5-15(13)18/h3-8,11-12,16-17,19,25H,9,24H2,1-2H3/t16?,17-/m0/s1. The van der Waals surface area contributed by atoms with Crippen LogP contribution in [0.1, 0.15) is 5.56 Å². The Labute approximate surface area is 178 Å². The topological polar surface area (TPSA) is 139 Å². The number of esters is 2. The summed E-state index contributed by atoms with van der Waals surface area (Å²) in [6.45, 7) is 0. The third kappa shape index (κ3) is 4.34. The molecule has 0 bridgehead atoms. The molecule has 2 atom stereocenters. The van der Waals surface area contributed by atoms with Gasteiger partial charge in [0.1, 0.15) is 0 Å². The fraction of sp³-hybridized carbons (Fsp3) is 0.273. The average molecular weight is 422 g/mol. The van der Waals surface area contributed by atoms with E-state index < -0.39 is 35.7 Å². The Balaban J connectivity index is 1.79. The van der Waals surface area contributed by atoms with E-state index in [9.17, 15) is 19.6 Å². The number of fused-ring (bicyclic) bond motifs is 1. The monoisotopic (exact) mass is 422 g/mol. The molecule has 160 valence electrons. The zero-order chi connectivity index (χ0) is 22.5. The van der Waals surface area contributed by atoms with Gasteiger partial charge in [-0.15, -0.1) is 0 Å². The fourth-order valence-electron chi connectivity index (χ4n) is 3.56. The number of benzene rings is 1. The Morgan fingerprint density at radius 3 is 2.55 bits per heavy atom. The van der Waals surface area contributed by atoms with Crippen LogP contribution in [0.4, 0.5) is 0 Å². The zero-order valence-electron chi connectivity index (χ0n) is 17.1. The number of hydrogen-bond acceptors (Lipinski definition) is 7. The molecule has 0 saturated carbocycles. The summed E-state index contributed by atoms with van der Waals surface area (Å²) in [5.41, 5.74) is 8.03. The molecule has 3 rings (SSSR count). The van der Waals surface area contributed by atoms with Gasteiger partial charge in [0, 0.05) is 35.4 Å². The predicted octanol–water partition coefficient (Wildman–Crippen LogP) is 1.38. The van der Waals surface area contributed by atoms with Crippen molar-refractivity contribution >= 4 is 28.7 Å². The summed E-state index contributed by atoms with van der Waals surface area (Å²) in [5.74, 6) is -4.37. The SMILES string of the molecule is COC(=O)C(C(=O)OC)C1C=CN(C(=O)[C@@H](N)Cc2c[nH]c3ccccc23)C=C1C#N. The van der Waals surface area contributed by atoms with Crippen LogP contribution < -0.4 is 5.73 Å². The molecule has 1 aromatic heterocycles. The molecule has 2 heterocycles. The zero-order valence-corrected chi connectivity index (χ0v) is 17.1. The van der Waals surface area contributed by atoms with Gasteiger partial charge in [0.15, 0.2) is 5.92 Å². The summed E-state index contributed by atoms with van der Waals surface area (Å²) >= 11 is 0. The number of nitrogens with two attached hydrogens (primary N) is 1. The second-order valence-electron chi connectivity index (χ2n) is 7.00. The summed E-state index contributed by atoms with van der Waals surface area (Å²) in [4.78, 5) is 41.4. The first kappa shape index (κ1) is 21.8. The number of carbonyl (C=O) groups excluding carboxylic acids is 3. The summed E-state index contributed by atoms with van der Waals surface area (Å²) in [6, 6.07) is 8.76. The molecule has 0 saturated heterocycles. The molecule has 9 heteroatoms. The van der Waals surface area contributed by atoms with Crippen molar-refractivity contribution in [2.75, 3.05) is 14.2 Å². The normalized spacial score (nSPS) is 16.5. The molecule has 1 unspecified atom stereocenters. The molecule has 1 aliphatic heterocycles. The minimum absolute atomic E-state index is 0.0379. The number of hydrogen-bond donors (Lipinski definition) is 2. The van der Waals surface area contributed by atoms with Crippen LogP contribution in [0, 0.1) is 23.2 Å². The summed E-state index contributed by atoms with van der Waals surface area (Å²) in [6.07, 6.45) is 6.20. The highest BCUT2D eigenvalue weighted by molar-refractivity contribution is 5.96. The number of rotatable bonds is 6. The lowest BCUT2D eigenvalue weighted by molar-refractivity contribution is -0.160. The molecule has 31 heavy (non-hydrogen) atoms. The van der Waals surface area contributed by atoms with Crippen LogP contribution in [0.3, 0.4) is 0 Å². The van der Waals surface area contributed by atoms with Crippen molar-refractivity contribution in [3.05, 3.63) is 60.1 Å². The van der Waals surface area contributed by atoms with Crippen molar-refractivity contribution in [3.63, 3.8) is 0 Å². The van der Waals surface area contributed by atoms with E-state index in [1.54, 1.807) is 0 Å². The number of nitriles is 1. The Bertz CT molecular complexity index is 1090. The lowest BCUT2D eigenvalue weighted by Gasteiger charge is -2.27. The number of para-hydroxylation sites is 1. The second-order valence-corrected chi connectivity index (χ2v) is 7.00. The van der Waals surface area contributed by atoms with Crippen molar-refractivity contribution in [1.29, 1.82) is 5.26 Å². The van der Waals surface area contributed by atoms with Crippen LogP contribution in [0.5, 0.6) is 0 Å². The van der Waals surface area contributed by atoms with E-state index in [4.69, 9.17) is 5.73 Å².